The highest BCUT2D eigenvalue weighted by Crippen LogP contribution is 2.32. The second-order valence-electron chi connectivity index (χ2n) is 7.46. The number of amides is 4. The standard InChI is InChI=1S/C25H20N2O8S/c1-2-34-22-15-16(8-13-21(22)35-36(32,33)19-6-4-3-5-7-19)14-20-23(29)26-25(31)27(24(20)30)17-9-11-18(28)12-10-17/h3-15,28H,2H2,1H3,(H,26,29,31)/b20-14+. The third kappa shape index (κ3) is 5.05. The lowest BCUT2D eigenvalue weighted by molar-refractivity contribution is -0.122. The molecule has 1 fully saturated rings. The van der Waals surface area contributed by atoms with E-state index in [4.69, 9.17) is 8.92 Å². The Hall–Kier alpha value is -4.64. The van der Waals surface area contributed by atoms with Crippen molar-refractivity contribution >= 4 is 39.7 Å². The molecule has 3 aromatic carbocycles. The molecule has 3 aromatic rings. The Labute approximate surface area is 206 Å². The number of benzene rings is 3. The fraction of sp³-hybridized carbons (Fsp3) is 0.0800. The highest BCUT2D eigenvalue weighted by molar-refractivity contribution is 7.87. The van der Waals surface area contributed by atoms with Gasteiger partial charge in [-0.2, -0.15) is 8.42 Å². The van der Waals surface area contributed by atoms with Gasteiger partial charge in [0.2, 0.25) is 0 Å². The first-order valence-electron chi connectivity index (χ1n) is 10.7. The number of phenolic OH excluding ortho intramolecular Hbond substituents is 1. The van der Waals surface area contributed by atoms with Gasteiger partial charge in [0, 0.05) is 0 Å². The van der Waals surface area contributed by atoms with Crippen molar-refractivity contribution in [3.8, 4) is 17.2 Å². The van der Waals surface area contributed by atoms with Crippen molar-refractivity contribution < 1.29 is 36.8 Å². The van der Waals surface area contributed by atoms with E-state index in [-0.39, 0.29) is 40.0 Å². The van der Waals surface area contributed by atoms with Crippen LogP contribution in [0.25, 0.3) is 6.08 Å². The van der Waals surface area contributed by atoms with Crippen molar-refractivity contribution in [3.63, 3.8) is 0 Å². The second-order valence-corrected chi connectivity index (χ2v) is 9.01. The van der Waals surface area contributed by atoms with Crippen LogP contribution in [-0.4, -0.2) is 38.0 Å². The number of hydrogen-bond donors (Lipinski definition) is 2. The van der Waals surface area contributed by atoms with E-state index in [0.717, 1.165) is 4.90 Å². The first-order valence-corrected chi connectivity index (χ1v) is 12.1. The van der Waals surface area contributed by atoms with E-state index >= 15 is 0 Å². The maximum absolute atomic E-state index is 13.0. The van der Waals surface area contributed by atoms with Gasteiger partial charge < -0.3 is 14.0 Å². The van der Waals surface area contributed by atoms with Crippen molar-refractivity contribution in [2.45, 2.75) is 11.8 Å². The van der Waals surface area contributed by atoms with Gasteiger partial charge in [-0.25, -0.2) is 9.69 Å². The molecule has 184 valence electrons. The topological polar surface area (TPSA) is 139 Å². The molecule has 0 atom stereocenters. The van der Waals surface area contributed by atoms with Crippen LogP contribution < -0.4 is 19.1 Å². The molecule has 1 heterocycles. The lowest BCUT2D eigenvalue weighted by atomic mass is 10.1. The molecular weight excluding hydrogens is 488 g/mol. The van der Waals surface area contributed by atoms with Crippen LogP contribution in [0.5, 0.6) is 17.2 Å². The van der Waals surface area contributed by atoms with Crippen molar-refractivity contribution in [1.82, 2.24) is 5.32 Å². The highest BCUT2D eigenvalue weighted by Gasteiger charge is 2.36. The van der Waals surface area contributed by atoms with Gasteiger partial charge in [-0.3, -0.25) is 14.9 Å². The van der Waals surface area contributed by atoms with E-state index in [2.05, 4.69) is 5.32 Å². The Morgan fingerprint density at radius 1 is 0.944 bits per heavy atom. The zero-order valence-electron chi connectivity index (χ0n) is 18.9. The fourth-order valence-corrected chi connectivity index (χ4v) is 4.33. The zero-order valence-corrected chi connectivity index (χ0v) is 19.7. The molecule has 4 amide bonds. The predicted molar refractivity (Wildman–Crippen MR) is 129 cm³/mol. The van der Waals surface area contributed by atoms with E-state index in [0.29, 0.717) is 5.56 Å². The minimum Gasteiger partial charge on any atom is -0.508 e. The smallest absolute Gasteiger partial charge is 0.339 e. The van der Waals surface area contributed by atoms with Gasteiger partial charge in [0.05, 0.1) is 12.3 Å². The Morgan fingerprint density at radius 2 is 1.64 bits per heavy atom. The number of nitrogens with one attached hydrogen (secondary N) is 1. The number of anilines is 1. The maximum atomic E-state index is 13.0. The van der Waals surface area contributed by atoms with Gasteiger partial charge in [0.25, 0.3) is 11.8 Å². The quantitative estimate of drug-likeness (QED) is 0.282. The number of carbonyl (C=O) groups excluding carboxylic acids is 3. The first kappa shape index (κ1) is 24.5. The Bertz CT molecular complexity index is 1470. The van der Waals surface area contributed by atoms with Crippen LogP contribution in [0.15, 0.2) is 83.3 Å². The zero-order chi connectivity index (χ0) is 25.9. The number of aromatic hydroxyl groups is 1. The molecule has 11 heteroatoms. The number of nitrogens with zero attached hydrogens (tertiary/aromatic N) is 1. The Balaban J connectivity index is 1.67. The number of imide groups is 2. The molecule has 1 aliphatic heterocycles. The van der Waals surface area contributed by atoms with Crippen molar-refractivity contribution in [3.05, 3.63) is 83.9 Å². The van der Waals surface area contributed by atoms with E-state index < -0.39 is 28.0 Å². The minimum atomic E-state index is -4.13. The second kappa shape index (κ2) is 9.92. The molecule has 1 aliphatic rings. The Morgan fingerprint density at radius 3 is 2.31 bits per heavy atom. The van der Waals surface area contributed by atoms with Crippen molar-refractivity contribution in [2.24, 2.45) is 0 Å². The first-order chi connectivity index (χ1) is 17.2. The number of hydrogen-bond acceptors (Lipinski definition) is 8. The minimum absolute atomic E-state index is 0.0397. The van der Waals surface area contributed by atoms with Crippen LogP contribution in [0.2, 0.25) is 0 Å². The SMILES string of the molecule is CCOc1cc(/C=C2\C(=O)NC(=O)N(c3ccc(O)cc3)C2=O)ccc1OS(=O)(=O)c1ccccc1. The summed E-state index contributed by atoms with van der Waals surface area (Å²) in [7, 11) is -4.13. The van der Waals surface area contributed by atoms with E-state index in [9.17, 15) is 27.9 Å². The molecule has 1 saturated heterocycles. The van der Waals surface area contributed by atoms with Crippen LogP contribution >= 0.6 is 0 Å². The summed E-state index contributed by atoms with van der Waals surface area (Å²) in [5.41, 5.74) is 0.135. The summed E-state index contributed by atoms with van der Waals surface area (Å²) in [6.07, 6.45) is 1.25. The molecule has 2 N–H and O–H groups in total. The Kier molecular flexibility index (Phi) is 6.75. The van der Waals surface area contributed by atoms with Gasteiger partial charge in [-0.15, -0.1) is 0 Å². The van der Waals surface area contributed by atoms with Crippen LogP contribution in [-0.2, 0) is 19.7 Å². The summed E-state index contributed by atoms with van der Waals surface area (Å²) in [6, 6.07) is 16.1. The molecule has 10 nitrogen and oxygen atoms in total. The number of rotatable bonds is 7. The summed E-state index contributed by atoms with van der Waals surface area (Å²) in [5, 5.41) is 11.6. The molecule has 0 spiro atoms. The van der Waals surface area contributed by atoms with Crippen LogP contribution in [0.3, 0.4) is 0 Å². The average molecular weight is 509 g/mol. The van der Waals surface area contributed by atoms with Gasteiger partial charge in [-0.1, -0.05) is 24.3 Å². The number of barbiturate groups is 1. The lowest BCUT2D eigenvalue weighted by Gasteiger charge is -2.26. The monoisotopic (exact) mass is 508 g/mol. The normalized spacial score (nSPS) is 15.1. The molecule has 36 heavy (non-hydrogen) atoms. The molecule has 0 aromatic heterocycles. The third-order valence-electron chi connectivity index (χ3n) is 5.02. The van der Waals surface area contributed by atoms with E-state index in [1.165, 1.54) is 60.7 Å². The van der Waals surface area contributed by atoms with Crippen LogP contribution in [0.1, 0.15) is 12.5 Å². The molecule has 0 radical (unpaired) electrons. The van der Waals surface area contributed by atoms with Crippen molar-refractivity contribution in [2.75, 3.05) is 11.5 Å². The molecular formula is C25H20N2O8S. The van der Waals surface area contributed by atoms with Crippen molar-refractivity contribution in [1.29, 1.82) is 0 Å². The summed E-state index contributed by atoms with van der Waals surface area (Å²) in [5.74, 6) is -1.84. The molecule has 0 bridgehead atoms. The summed E-state index contributed by atoms with van der Waals surface area (Å²) < 4.78 is 36.0. The van der Waals surface area contributed by atoms with Gasteiger partial charge in [0.15, 0.2) is 11.5 Å². The number of urea groups is 1. The van der Waals surface area contributed by atoms with Crippen LogP contribution in [0.4, 0.5) is 10.5 Å². The third-order valence-corrected chi connectivity index (χ3v) is 6.27. The predicted octanol–water partition coefficient (Wildman–Crippen LogP) is 3.23. The van der Waals surface area contributed by atoms with Crippen LogP contribution in [0, 0.1) is 0 Å². The fourth-order valence-electron chi connectivity index (χ4n) is 3.37. The molecule has 0 unspecified atom stereocenters. The molecule has 0 saturated carbocycles. The van der Waals surface area contributed by atoms with E-state index in [1.54, 1.807) is 25.1 Å². The van der Waals surface area contributed by atoms with E-state index in [1.807, 2.05) is 0 Å². The number of phenols is 1. The van der Waals surface area contributed by atoms with Gasteiger partial charge in [-0.05, 0) is 67.1 Å². The van der Waals surface area contributed by atoms with Gasteiger partial charge >= 0.3 is 16.1 Å². The summed E-state index contributed by atoms with van der Waals surface area (Å²) >= 11 is 0. The molecule has 0 aliphatic carbocycles. The summed E-state index contributed by atoms with van der Waals surface area (Å²) in [6.45, 7) is 1.88. The average Bonchev–Trinajstić information content (AvgIpc) is 2.85. The van der Waals surface area contributed by atoms with Gasteiger partial charge in [0.1, 0.15) is 16.2 Å². The number of ether oxygens (including phenoxy) is 1. The molecule has 4 rings (SSSR count). The number of carbonyl (C=O) groups is 3. The largest absolute Gasteiger partial charge is 0.508 e. The maximum Gasteiger partial charge on any atom is 0.339 e. The summed E-state index contributed by atoms with van der Waals surface area (Å²) in [4.78, 5) is 38.5. The lowest BCUT2D eigenvalue weighted by Crippen LogP contribution is -2.54. The highest BCUT2D eigenvalue weighted by atomic mass is 32.2.